The minimum Gasteiger partial charge on any atom is -0.497 e. The Morgan fingerprint density at radius 3 is 2.45 bits per heavy atom. The van der Waals surface area contributed by atoms with Crippen LogP contribution < -0.4 is 10.1 Å². The molecular weight excluding hydrogens is 392 g/mol. The van der Waals surface area contributed by atoms with E-state index in [9.17, 15) is 14.4 Å². The van der Waals surface area contributed by atoms with Gasteiger partial charge >= 0.3 is 12.1 Å². The minimum absolute atomic E-state index is 0.178. The van der Waals surface area contributed by atoms with Crippen molar-refractivity contribution in [2.24, 2.45) is 0 Å². The van der Waals surface area contributed by atoms with E-state index in [0.717, 1.165) is 5.56 Å². The zero-order valence-corrected chi connectivity index (χ0v) is 18.5. The van der Waals surface area contributed by atoms with E-state index >= 15 is 0 Å². The van der Waals surface area contributed by atoms with E-state index < -0.39 is 25.7 Å². The van der Waals surface area contributed by atoms with Gasteiger partial charge in [-0.05, 0) is 17.7 Å². The number of amides is 2. The predicted molar refractivity (Wildman–Crippen MR) is 109 cm³/mol. The monoisotopic (exact) mass is 418 g/mol. The fourth-order valence-corrected chi connectivity index (χ4v) is 3.44. The van der Waals surface area contributed by atoms with Crippen molar-refractivity contribution in [1.29, 1.82) is 0 Å². The molecule has 0 fully saturated rings. The van der Waals surface area contributed by atoms with E-state index in [4.69, 9.17) is 9.47 Å². The number of carbonyl (C=O) groups is 3. The SMILES string of the molecule is COC(=O)NC(C#C[Si](C)(C)C)(CN1Cc2ccc(OC)cc2C1=O)C(=O)OC. The molecule has 0 aliphatic carbocycles. The number of rotatable bonds is 5. The fraction of sp³-hybridized carbons (Fsp3) is 0.450. The van der Waals surface area contributed by atoms with Crippen LogP contribution in [0.4, 0.5) is 4.79 Å². The van der Waals surface area contributed by atoms with Crippen LogP contribution in [0.25, 0.3) is 0 Å². The Kier molecular flexibility index (Phi) is 6.59. The standard InChI is InChI=1S/C20H26N2O6Si/c1-26-15-8-7-14-12-22(17(23)16(14)11-15)13-20(18(24)27-2,21-19(25)28-3)9-10-29(4,5)6/h7-8,11H,12-13H2,1-6H3,(H,21,25). The molecule has 1 aromatic rings. The third-order valence-corrected chi connectivity index (χ3v) is 5.18. The summed E-state index contributed by atoms with van der Waals surface area (Å²) in [6.45, 7) is 6.10. The third-order valence-electron chi connectivity index (χ3n) is 4.31. The number of ether oxygens (including phenoxy) is 3. The summed E-state index contributed by atoms with van der Waals surface area (Å²) >= 11 is 0. The minimum atomic E-state index is -1.92. The van der Waals surface area contributed by atoms with Crippen LogP contribution in [0.15, 0.2) is 18.2 Å². The van der Waals surface area contributed by atoms with Crippen LogP contribution in [0, 0.1) is 11.5 Å². The average Bonchev–Trinajstić information content (AvgIpc) is 2.99. The molecule has 1 aliphatic rings. The van der Waals surface area contributed by atoms with Crippen LogP contribution in [0.3, 0.4) is 0 Å². The fourth-order valence-electron chi connectivity index (χ4n) is 2.85. The van der Waals surface area contributed by atoms with E-state index in [1.807, 2.05) is 19.6 Å². The highest BCUT2D eigenvalue weighted by atomic mass is 28.3. The summed E-state index contributed by atoms with van der Waals surface area (Å²) in [5, 5.41) is 2.49. The lowest BCUT2D eigenvalue weighted by Crippen LogP contribution is -2.60. The van der Waals surface area contributed by atoms with Crippen LogP contribution in [0.2, 0.25) is 19.6 Å². The van der Waals surface area contributed by atoms with E-state index in [2.05, 4.69) is 21.5 Å². The molecule has 29 heavy (non-hydrogen) atoms. The van der Waals surface area contributed by atoms with Gasteiger partial charge in [0.15, 0.2) is 0 Å². The molecular formula is C20H26N2O6Si. The Bertz CT molecular complexity index is 883. The first-order valence-corrected chi connectivity index (χ1v) is 12.5. The highest BCUT2D eigenvalue weighted by Gasteiger charge is 2.45. The zero-order valence-electron chi connectivity index (χ0n) is 17.5. The summed E-state index contributed by atoms with van der Waals surface area (Å²) in [7, 11) is 2.00. The Morgan fingerprint density at radius 2 is 1.90 bits per heavy atom. The van der Waals surface area contributed by atoms with Gasteiger partial charge in [0.1, 0.15) is 13.8 Å². The summed E-state index contributed by atoms with van der Waals surface area (Å²) in [5.41, 5.74) is 2.63. The Balaban J connectivity index is 2.46. The normalized spacial score (nSPS) is 14.8. The molecule has 0 spiro atoms. The van der Waals surface area contributed by atoms with Crippen LogP contribution in [-0.4, -0.2) is 64.4 Å². The van der Waals surface area contributed by atoms with Crippen molar-refractivity contribution < 1.29 is 28.6 Å². The van der Waals surface area contributed by atoms with E-state index in [1.165, 1.54) is 26.2 Å². The molecule has 2 amide bonds. The maximum absolute atomic E-state index is 12.9. The van der Waals surface area contributed by atoms with E-state index in [0.29, 0.717) is 11.3 Å². The first-order chi connectivity index (χ1) is 13.5. The van der Waals surface area contributed by atoms with E-state index in [1.54, 1.807) is 18.2 Å². The van der Waals surface area contributed by atoms with Gasteiger partial charge in [0, 0.05) is 12.1 Å². The lowest BCUT2D eigenvalue weighted by molar-refractivity contribution is -0.146. The van der Waals surface area contributed by atoms with Gasteiger partial charge in [0.25, 0.3) is 5.91 Å². The van der Waals surface area contributed by atoms with Gasteiger partial charge in [-0.25, -0.2) is 9.59 Å². The molecule has 0 radical (unpaired) electrons. The quantitative estimate of drug-likeness (QED) is 0.445. The number of nitrogens with one attached hydrogen (secondary N) is 1. The van der Waals surface area contributed by atoms with Crippen LogP contribution in [0.1, 0.15) is 15.9 Å². The van der Waals surface area contributed by atoms with Crippen molar-refractivity contribution in [2.45, 2.75) is 31.7 Å². The van der Waals surface area contributed by atoms with Gasteiger partial charge in [0.2, 0.25) is 5.54 Å². The molecule has 1 N–H and O–H groups in total. The number of hydrogen-bond donors (Lipinski definition) is 1. The molecule has 1 unspecified atom stereocenters. The highest BCUT2D eigenvalue weighted by molar-refractivity contribution is 6.83. The topological polar surface area (TPSA) is 94.2 Å². The molecule has 1 aliphatic heterocycles. The maximum atomic E-state index is 12.9. The number of benzene rings is 1. The second-order valence-corrected chi connectivity index (χ2v) is 12.4. The Morgan fingerprint density at radius 1 is 1.21 bits per heavy atom. The van der Waals surface area contributed by atoms with Gasteiger partial charge in [0.05, 0.1) is 27.9 Å². The molecule has 156 valence electrons. The predicted octanol–water partition coefficient (Wildman–Crippen LogP) is 1.80. The van der Waals surface area contributed by atoms with Crippen molar-refractivity contribution in [3.8, 4) is 17.2 Å². The number of carbonyl (C=O) groups excluding carboxylic acids is 3. The number of hydrogen-bond acceptors (Lipinski definition) is 6. The van der Waals surface area contributed by atoms with Gasteiger partial charge in [-0.15, -0.1) is 5.54 Å². The molecule has 1 aromatic carbocycles. The Hall–Kier alpha value is -2.99. The molecule has 0 aromatic heterocycles. The van der Waals surface area contributed by atoms with E-state index in [-0.39, 0.29) is 19.0 Å². The summed E-state index contributed by atoms with van der Waals surface area (Å²) in [5.74, 6) is 2.40. The van der Waals surface area contributed by atoms with Crippen molar-refractivity contribution in [1.82, 2.24) is 10.2 Å². The molecule has 9 heteroatoms. The number of nitrogens with zero attached hydrogens (tertiary/aromatic N) is 1. The summed E-state index contributed by atoms with van der Waals surface area (Å²) in [6.07, 6.45) is -0.842. The smallest absolute Gasteiger partial charge is 0.408 e. The second kappa shape index (κ2) is 8.57. The van der Waals surface area contributed by atoms with Crippen LogP contribution in [0.5, 0.6) is 5.75 Å². The highest BCUT2D eigenvalue weighted by Crippen LogP contribution is 2.28. The summed E-state index contributed by atoms with van der Waals surface area (Å²) in [6, 6.07) is 5.22. The number of methoxy groups -OCH3 is 3. The number of esters is 1. The Labute approximate surface area is 171 Å². The van der Waals surface area contributed by atoms with Gasteiger partial charge < -0.3 is 19.1 Å². The van der Waals surface area contributed by atoms with Crippen molar-refractivity contribution in [3.05, 3.63) is 29.3 Å². The zero-order chi connectivity index (χ0) is 21.8. The lowest BCUT2D eigenvalue weighted by atomic mass is 10.00. The van der Waals surface area contributed by atoms with Crippen molar-refractivity contribution in [2.75, 3.05) is 27.9 Å². The molecule has 1 heterocycles. The third kappa shape index (κ3) is 5.09. The molecule has 0 bridgehead atoms. The first-order valence-electron chi connectivity index (χ1n) is 9.00. The molecule has 8 nitrogen and oxygen atoms in total. The van der Waals surface area contributed by atoms with Gasteiger partial charge in [-0.1, -0.05) is 31.6 Å². The van der Waals surface area contributed by atoms with Crippen LogP contribution in [-0.2, 0) is 20.8 Å². The molecule has 2 rings (SSSR count). The van der Waals surface area contributed by atoms with Crippen molar-refractivity contribution >= 4 is 26.0 Å². The number of alkyl carbamates (subject to hydrolysis) is 1. The molecule has 0 saturated carbocycles. The number of fused-ring (bicyclic) bond motifs is 1. The largest absolute Gasteiger partial charge is 0.497 e. The average molecular weight is 419 g/mol. The first kappa shape index (κ1) is 22.3. The van der Waals surface area contributed by atoms with Crippen LogP contribution >= 0.6 is 0 Å². The van der Waals surface area contributed by atoms with Gasteiger partial charge in [-0.2, -0.15) is 0 Å². The molecule has 1 atom stereocenters. The second-order valence-electron chi connectivity index (χ2n) is 7.70. The van der Waals surface area contributed by atoms with Crippen molar-refractivity contribution in [3.63, 3.8) is 0 Å². The summed E-state index contributed by atoms with van der Waals surface area (Å²) < 4.78 is 14.8. The lowest BCUT2D eigenvalue weighted by Gasteiger charge is -2.31. The van der Waals surface area contributed by atoms with Gasteiger partial charge in [-0.3, -0.25) is 10.1 Å². The molecule has 0 saturated heterocycles. The summed E-state index contributed by atoms with van der Waals surface area (Å²) in [4.78, 5) is 39.1. The maximum Gasteiger partial charge on any atom is 0.408 e.